The third-order valence-corrected chi connectivity index (χ3v) is 4.98. The smallest absolute Gasteiger partial charge is 0.230 e. The Balaban J connectivity index is 2.06. The first-order valence-corrected chi connectivity index (χ1v) is 9.30. The molecule has 0 radical (unpaired) electrons. The molecule has 0 aliphatic carbocycles. The topological polar surface area (TPSA) is 56.1 Å². The van der Waals surface area contributed by atoms with E-state index < -0.39 is 0 Å². The van der Waals surface area contributed by atoms with Gasteiger partial charge in [0.05, 0.1) is 24.8 Å². The Morgan fingerprint density at radius 1 is 1.27 bits per heavy atom. The van der Waals surface area contributed by atoms with E-state index in [1.54, 1.807) is 20.4 Å². The number of amides is 1. The number of hydrogen-bond acceptors (Lipinski definition) is 4. The van der Waals surface area contributed by atoms with Crippen LogP contribution in [0, 0.1) is 0 Å². The van der Waals surface area contributed by atoms with Gasteiger partial charge in [0.2, 0.25) is 5.91 Å². The van der Waals surface area contributed by atoms with Gasteiger partial charge in [0.15, 0.2) is 5.16 Å². The molecule has 2 aromatic carbocycles. The van der Waals surface area contributed by atoms with Crippen LogP contribution >= 0.6 is 23.4 Å². The van der Waals surface area contributed by atoms with Crippen molar-refractivity contribution in [1.82, 2.24) is 14.9 Å². The number of carbonyl (C=O) groups is 1. The van der Waals surface area contributed by atoms with Gasteiger partial charge < -0.3 is 10.1 Å². The lowest BCUT2D eigenvalue weighted by Gasteiger charge is -2.12. The van der Waals surface area contributed by atoms with Gasteiger partial charge in [0, 0.05) is 23.3 Å². The van der Waals surface area contributed by atoms with Gasteiger partial charge in [0.1, 0.15) is 5.75 Å². The molecule has 0 spiro atoms. The molecule has 134 valence electrons. The number of halogens is 1. The molecule has 0 unspecified atom stereocenters. The summed E-state index contributed by atoms with van der Waals surface area (Å²) in [5.74, 6) is 1.02. The molecule has 0 aliphatic heterocycles. The number of carbonyl (C=O) groups excluding carboxylic acids is 1. The number of imidazole rings is 1. The van der Waals surface area contributed by atoms with Crippen molar-refractivity contribution in [3.63, 3.8) is 0 Å². The van der Waals surface area contributed by atoms with Gasteiger partial charge in [-0.2, -0.15) is 0 Å². The molecule has 0 saturated heterocycles. The lowest BCUT2D eigenvalue weighted by Crippen LogP contribution is -2.20. The minimum atomic E-state index is -0.0540. The second-order valence-electron chi connectivity index (χ2n) is 5.43. The predicted octanol–water partition coefficient (Wildman–Crippen LogP) is 4.04. The van der Waals surface area contributed by atoms with Gasteiger partial charge >= 0.3 is 0 Å². The van der Waals surface area contributed by atoms with E-state index in [9.17, 15) is 4.79 Å². The molecule has 1 aromatic heterocycles. The molecule has 1 heterocycles. The van der Waals surface area contributed by atoms with Crippen molar-refractivity contribution in [2.24, 2.45) is 0 Å². The summed E-state index contributed by atoms with van der Waals surface area (Å²) in [7, 11) is 3.26. The molecule has 0 atom stereocenters. The third kappa shape index (κ3) is 4.03. The summed E-state index contributed by atoms with van der Waals surface area (Å²) < 4.78 is 7.23. The molecule has 5 nitrogen and oxygen atoms in total. The molecule has 0 bridgehead atoms. The fourth-order valence-corrected chi connectivity index (χ4v) is 3.52. The highest BCUT2D eigenvalue weighted by Crippen LogP contribution is 2.31. The summed E-state index contributed by atoms with van der Waals surface area (Å²) in [4.78, 5) is 16.1. The fourth-order valence-electron chi connectivity index (χ4n) is 2.47. The molecule has 3 aromatic rings. The minimum absolute atomic E-state index is 0.0540. The van der Waals surface area contributed by atoms with Crippen LogP contribution in [0.15, 0.2) is 59.9 Å². The normalized spacial score (nSPS) is 10.6. The number of nitrogens with one attached hydrogen (secondary N) is 1. The Morgan fingerprint density at radius 3 is 2.69 bits per heavy atom. The van der Waals surface area contributed by atoms with Crippen molar-refractivity contribution >= 4 is 29.3 Å². The van der Waals surface area contributed by atoms with E-state index in [4.69, 9.17) is 16.3 Å². The van der Waals surface area contributed by atoms with Gasteiger partial charge in [-0.1, -0.05) is 29.4 Å². The summed E-state index contributed by atoms with van der Waals surface area (Å²) in [5.41, 5.74) is 2.79. The highest BCUT2D eigenvalue weighted by atomic mass is 35.5. The van der Waals surface area contributed by atoms with E-state index in [0.29, 0.717) is 5.02 Å². The highest BCUT2D eigenvalue weighted by molar-refractivity contribution is 7.99. The number of ether oxygens (including phenoxy) is 1. The maximum atomic E-state index is 11.6. The molecular formula is C19H18ClN3O2S. The van der Waals surface area contributed by atoms with E-state index in [0.717, 1.165) is 27.9 Å². The van der Waals surface area contributed by atoms with Gasteiger partial charge in [-0.15, -0.1) is 0 Å². The van der Waals surface area contributed by atoms with Gasteiger partial charge in [0.25, 0.3) is 0 Å². The van der Waals surface area contributed by atoms with Crippen molar-refractivity contribution in [1.29, 1.82) is 0 Å². The van der Waals surface area contributed by atoms with Crippen LogP contribution in [-0.4, -0.2) is 35.4 Å². The Kier molecular flexibility index (Phi) is 5.85. The van der Waals surface area contributed by atoms with Gasteiger partial charge in [-0.25, -0.2) is 4.98 Å². The first kappa shape index (κ1) is 18.4. The fraction of sp³-hybridized carbons (Fsp3) is 0.158. The molecular weight excluding hydrogens is 370 g/mol. The molecule has 26 heavy (non-hydrogen) atoms. The number of methoxy groups -OCH3 is 1. The van der Waals surface area contributed by atoms with Crippen LogP contribution in [0.4, 0.5) is 0 Å². The summed E-state index contributed by atoms with van der Waals surface area (Å²) in [6, 6.07) is 15.3. The zero-order valence-corrected chi connectivity index (χ0v) is 16.0. The number of aromatic nitrogens is 2. The van der Waals surface area contributed by atoms with Crippen molar-refractivity contribution < 1.29 is 9.53 Å². The Hall–Kier alpha value is -2.44. The SMILES string of the molecule is CNC(=O)CSc1ncc(-c2ccc(OC)cc2)n1-c1cccc(Cl)c1. The standard InChI is InChI=1S/C19H18ClN3O2S/c1-21-18(24)12-26-19-22-11-17(13-6-8-16(25-2)9-7-13)23(19)15-5-3-4-14(20)10-15/h3-11H,12H2,1-2H3,(H,21,24). The first-order valence-electron chi connectivity index (χ1n) is 7.94. The zero-order valence-electron chi connectivity index (χ0n) is 14.4. The van der Waals surface area contributed by atoms with Crippen LogP contribution in [-0.2, 0) is 4.79 Å². The Bertz CT molecular complexity index is 909. The predicted molar refractivity (Wildman–Crippen MR) is 105 cm³/mol. The molecule has 0 saturated carbocycles. The number of thioether (sulfide) groups is 1. The Morgan fingerprint density at radius 2 is 2.04 bits per heavy atom. The Labute approximate surface area is 161 Å². The molecule has 3 rings (SSSR count). The van der Waals surface area contributed by atoms with Crippen LogP contribution in [0.25, 0.3) is 16.9 Å². The molecule has 0 fully saturated rings. The van der Waals surface area contributed by atoms with Crippen molar-refractivity contribution in [2.75, 3.05) is 19.9 Å². The van der Waals surface area contributed by atoms with Crippen molar-refractivity contribution in [3.05, 3.63) is 59.8 Å². The second kappa shape index (κ2) is 8.29. The van der Waals surface area contributed by atoms with Crippen molar-refractivity contribution in [2.45, 2.75) is 5.16 Å². The third-order valence-electron chi connectivity index (χ3n) is 3.79. The average molecular weight is 388 g/mol. The number of hydrogen-bond donors (Lipinski definition) is 1. The van der Waals surface area contributed by atoms with Crippen LogP contribution in [0.3, 0.4) is 0 Å². The largest absolute Gasteiger partial charge is 0.497 e. The van der Waals surface area contributed by atoms with Gasteiger partial charge in [-0.05, 0) is 42.5 Å². The van der Waals surface area contributed by atoms with Crippen LogP contribution < -0.4 is 10.1 Å². The minimum Gasteiger partial charge on any atom is -0.497 e. The lowest BCUT2D eigenvalue weighted by molar-refractivity contribution is -0.118. The van der Waals surface area contributed by atoms with Crippen LogP contribution in [0.1, 0.15) is 0 Å². The van der Waals surface area contributed by atoms with E-state index >= 15 is 0 Å². The zero-order chi connectivity index (χ0) is 18.5. The lowest BCUT2D eigenvalue weighted by atomic mass is 10.1. The highest BCUT2D eigenvalue weighted by Gasteiger charge is 2.15. The summed E-state index contributed by atoms with van der Waals surface area (Å²) >= 11 is 7.56. The summed E-state index contributed by atoms with van der Waals surface area (Å²) in [6.07, 6.45) is 1.80. The monoisotopic (exact) mass is 387 g/mol. The van der Waals surface area contributed by atoms with E-state index in [-0.39, 0.29) is 11.7 Å². The van der Waals surface area contributed by atoms with Crippen LogP contribution in [0.5, 0.6) is 5.75 Å². The van der Waals surface area contributed by atoms with E-state index in [1.165, 1.54) is 11.8 Å². The first-order chi connectivity index (χ1) is 12.6. The summed E-state index contributed by atoms with van der Waals surface area (Å²) in [6.45, 7) is 0. The number of nitrogens with zero attached hydrogens (tertiary/aromatic N) is 2. The maximum Gasteiger partial charge on any atom is 0.230 e. The second-order valence-corrected chi connectivity index (χ2v) is 6.81. The molecule has 0 aliphatic rings. The van der Waals surface area contributed by atoms with Crippen LogP contribution in [0.2, 0.25) is 5.02 Å². The maximum absolute atomic E-state index is 11.6. The summed E-state index contributed by atoms with van der Waals surface area (Å²) in [5, 5.41) is 3.98. The van der Waals surface area contributed by atoms with E-state index in [1.807, 2.05) is 53.1 Å². The molecule has 1 N–H and O–H groups in total. The quantitative estimate of drug-likeness (QED) is 0.648. The number of benzene rings is 2. The average Bonchev–Trinajstić information content (AvgIpc) is 3.10. The van der Waals surface area contributed by atoms with Crippen molar-refractivity contribution in [3.8, 4) is 22.7 Å². The molecule has 7 heteroatoms. The molecule has 1 amide bonds. The number of rotatable bonds is 6. The van der Waals surface area contributed by atoms with E-state index in [2.05, 4.69) is 10.3 Å². The van der Waals surface area contributed by atoms with Gasteiger partial charge in [-0.3, -0.25) is 9.36 Å².